The molecule has 17 nitrogen and oxygen atoms in total. The summed E-state index contributed by atoms with van der Waals surface area (Å²) in [5.74, 6) is -4.35. The van der Waals surface area contributed by atoms with Crippen molar-refractivity contribution in [2.45, 2.75) is 139 Å². The molecule has 4 aliphatic heterocycles. The van der Waals surface area contributed by atoms with Gasteiger partial charge >= 0.3 is 19.1 Å². The second-order valence-electron chi connectivity index (χ2n) is 23.9. The number of para-hydroxylation sites is 2. The van der Waals surface area contributed by atoms with Crippen LogP contribution in [0, 0.1) is 40.2 Å². The number of aromatic nitrogens is 2. The summed E-state index contributed by atoms with van der Waals surface area (Å²) >= 11 is 2.84. The number of Topliss-reactive ketones (excluding diaryl/α,β-unsaturated/α-hetero) is 2. The lowest BCUT2D eigenvalue weighted by molar-refractivity contribution is -0.148. The number of nitrogens with two attached hydrogens (primary N) is 1. The molecule has 2 saturated heterocycles. The number of carbonyl (C=O) groups is 6. The van der Waals surface area contributed by atoms with Crippen LogP contribution in [-0.2, 0) is 35.2 Å². The van der Waals surface area contributed by atoms with Crippen LogP contribution in [0.2, 0.25) is 0 Å². The fraction of sp³-hybridized carbons (Fsp3) is 0.446. The minimum atomic E-state index is -1.59. The van der Waals surface area contributed by atoms with E-state index in [9.17, 15) is 47.8 Å². The lowest BCUT2D eigenvalue weighted by atomic mass is 9.80. The van der Waals surface area contributed by atoms with Crippen molar-refractivity contribution in [3.63, 3.8) is 0 Å². The first-order valence-corrected chi connectivity index (χ1v) is 31.7. The van der Waals surface area contributed by atoms with E-state index in [1.54, 1.807) is 11.0 Å². The van der Waals surface area contributed by atoms with Gasteiger partial charge < -0.3 is 45.3 Å². The number of carboxylic acids is 2. The van der Waals surface area contributed by atoms with Crippen molar-refractivity contribution in [1.82, 2.24) is 19.8 Å². The highest BCUT2D eigenvalue weighted by Crippen LogP contribution is 2.58. The van der Waals surface area contributed by atoms with E-state index >= 15 is 0 Å². The molecule has 6 aliphatic rings. The third kappa shape index (κ3) is 15.2. The van der Waals surface area contributed by atoms with Gasteiger partial charge in [-0.05, 0) is 129 Å². The maximum absolute atomic E-state index is 14.2. The molecule has 22 heteroatoms. The van der Waals surface area contributed by atoms with E-state index in [4.69, 9.17) is 25.3 Å². The van der Waals surface area contributed by atoms with Gasteiger partial charge in [0.25, 0.3) is 10.4 Å². The van der Waals surface area contributed by atoms with Crippen LogP contribution in [0.4, 0.5) is 8.78 Å². The van der Waals surface area contributed by atoms with Crippen LogP contribution in [0.5, 0.6) is 10.4 Å². The third-order valence-electron chi connectivity index (χ3n) is 17.7. The van der Waals surface area contributed by atoms with E-state index in [0.717, 1.165) is 83.4 Å². The molecule has 12 rings (SSSR count). The Morgan fingerprint density at radius 3 is 1.61 bits per heavy atom. The average Bonchev–Trinajstić information content (AvgIpc) is 1.63. The first-order valence-electron chi connectivity index (χ1n) is 30.0. The second kappa shape index (κ2) is 27.9. The molecule has 10 atom stereocenters. The van der Waals surface area contributed by atoms with Crippen molar-refractivity contribution in [3.05, 3.63) is 139 Å². The highest BCUT2D eigenvalue weighted by molar-refractivity contribution is 7.20. The number of hydrogen-bond acceptors (Lipinski definition) is 15. The number of benzene rings is 4. The van der Waals surface area contributed by atoms with E-state index in [1.165, 1.54) is 57.9 Å². The number of ketones is 2. The Bertz CT molecular complexity index is 3480. The molecular formula is C65H72BF2N5O12S2. The summed E-state index contributed by atoms with van der Waals surface area (Å²) in [6.45, 7) is 0.455. The largest absolute Gasteiger partial charge is 0.488 e. The highest BCUT2D eigenvalue weighted by atomic mass is 32.1. The Balaban J connectivity index is 0.000000168. The molecule has 458 valence electrons. The molecule has 2 saturated carbocycles. The maximum Gasteiger partial charge on any atom is 0.488 e. The van der Waals surface area contributed by atoms with Crippen molar-refractivity contribution < 1.29 is 67.3 Å². The third-order valence-corrected chi connectivity index (χ3v) is 19.6. The molecule has 6 heterocycles. The van der Waals surface area contributed by atoms with Crippen LogP contribution in [0.15, 0.2) is 121 Å². The Morgan fingerprint density at radius 1 is 0.632 bits per heavy atom. The topological polar surface area (TPSA) is 260 Å². The lowest BCUT2D eigenvalue weighted by Gasteiger charge is -2.29. The van der Waals surface area contributed by atoms with Crippen molar-refractivity contribution >= 4 is 91.0 Å². The molecule has 4 aromatic carbocycles. The van der Waals surface area contributed by atoms with E-state index in [-0.39, 0.29) is 78.8 Å². The Labute approximate surface area is 511 Å². The molecule has 2 amide bonds. The second-order valence-corrected chi connectivity index (χ2v) is 25.9. The zero-order chi connectivity index (χ0) is 61.4. The van der Waals surface area contributed by atoms with E-state index in [2.05, 4.69) is 9.97 Å². The van der Waals surface area contributed by atoms with Crippen molar-refractivity contribution in [2.24, 2.45) is 34.3 Å². The predicted octanol–water partition coefficient (Wildman–Crippen LogP) is 9.26. The van der Waals surface area contributed by atoms with Gasteiger partial charge in [0.05, 0.1) is 62.5 Å². The number of fused-ring (bicyclic) bond motifs is 6. The van der Waals surface area contributed by atoms with E-state index < -0.39 is 72.0 Å². The fourth-order valence-corrected chi connectivity index (χ4v) is 14.4. The number of halogens is 2. The van der Waals surface area contributed by atoms with Crippen LogP contribution >= 0.6 is 22.7 Å². The summed E-state index contributed by atoms with van der Waals surface area (Å²) in [6.07, 6.45) is 17.1. The van der Waals surface area contributed by atoms with Crippen LogP contribution in [-0.4, -0.2) is 126 Å². The normalized spacial score (nSPS) is 28.5. The minimum Gasteiger partial charge on any atom is -0.481 e. The number of aliphatic carboxylic acids is 2. The summed E-state index contributed by atoms with van der Waals surface area (Å²) in [7, 11) is -1.59. The van der Waals surface area contributed by atoms with Gasteiger partial charge in [-0.2, -0.15) is 0 Å². The van der Waals surface area contributed by atoms with E-state index in [1.807, 2.05) is 78.9 Å². The zero-order valence-electron chi connectivity index (χ0n) is 48.2. The Morgan fingerprint density at radius 2 is 1.13 bits per heavy atom. The Hall–Kier alpha value is -7.24. The number of carboxylic acid groups (broad SMARTS) is 2. The molecule has 6 aromatic rings. The number of carbonyl (C=O) groups excluding carboxylic acids is 4. The molecule has 6 N–H and O–H groups in total. The molecule has 87 heavy (non-hydrogen) atoms. The number of nitrogens with zero attached hydrogens (tertiary/aromatic N) is 4. The minimum absolute atomic E-state index is 0.0884. The monoisotopic (exact) mass is 1230 g/mol. The van der Waals surface area contributed by atoms with Gasteiger partial charge in [-0.3, -0.25) is 28.8 Å². The molecule has 0 radical (unpaired) electrons. The van der Waals surface area contributed by atoms with Gasteiger partial charge in [0.15, 0.2) is 11.6 Å². The smallest absolute Gasteiger partial charge is 0.481 e. The van der Waals surface area contributed by atoms with Crippen molar-refractivity contribution in [2.75, 3.05) is 13.1 Å². The molecule has 0 unspecified atom stereocenters. The van der Waals surface area contributed by atoms with Crippen LogP contribution in [0.3, 0.4) is 0 Å². The predicted molar refractivity (Wildman–Crippen MR) is 326 cm³/mol. The summed E-state index contributed by atoms with van der Waals surface area (Å²) in [5, 5.41) is 38.1. The number of allylic oxidation sites excluding steroid dienone is 4. The summed E-state index contributed by atoms with van der Waals surface area (Å²) in [5.41, 5.74) is 6.64. The number of hydrogen-bond donors (Lipinski definition) is 5. The number of amides is 2. The quantitative estimate of drug-likeness (QED) is 0.0667. The Kier molecular flexibility index (Phi) is 20.1. The van der Waals surface area contributed by atoms with Crippen LogP contribution < -0.4 is 20.7 Å². The molecule has 4 fully saturated rings. The maximum atomic E-state index is 14.2. The fourth-order valence-electron chi connectivity index (χ4n) is 12.7. The number of ether oxygens (including phenoxy) is 2. The van der Waals surface area contributed by atoms with Gasteiger partial charge in [-0.25, -0.2) is 18.7 Å². The first-order chi connectivity index (χ1) is 41.9. The average molecular weight is 1230 g/mol. The van der Waals surface area contributed by atoms with Crippen molar-refractivity contribution in [3.8, 4) is 10.4 Å². The van der Waals surface area contributed by atoms with Gasteiger partial charge in [-0.15, -0.1) is 0 Å². The van der Waals surface area contributed by atoms with Gasteiger partial charge in [-0.1, -0.05) is 121 Å². The van der Waals surface area contributed by atoms with Crippen LogP contribution in [0.1, 0.15) is 108 Å². The van der Waals surface area contributed by atoms with Crippen LogP contribution in [0.25, 0.3) is 20.4 Å². The molecule has 2 aromatic heterocycles. The molecule has 0 bridgehead atoms. The molecule has 0 spiro atoms. The van der Waals surface area contributed by atoms with Crippen molar-refractivity contribution in [1.29, 1.82) is 0 Å². The van der Waals surface area contributed by atoms with Gasteiger partial charge in [0, 0.05) is 31.6 Å². The summed E-state index contributed by atoms with van der Waals surface area (Å²) < 4.78 is 40.7. The standard InChI is InChI=1S/C33H35FN2O5S.C26H31N3O5S.C6H6BFO2/c34-24-12-8-9-21(16-24)15-22-10-4-2-1-3-5-11-23-18-33(23,31(39)40)19-28(37)27-17-25(20-36(27)30(22)38)41-32-35-26-13-6-7-14-29(26)42-32;27-18-9-5-3-1-2-4-8-16-13-26(16,24(32)33)14-21(30)20-12-17(15-29(20)23(18)31)34-25-28-19-10-6-7-11-22(19)35-25;8-6-3-1-2-5(4-6)7(9)10/h5-9,11-14,16,22-23,25,27H,1-4,10,15,17-20H2,(H,39,40);4,6-8,10-11,16-18,20H,1-3,5,9,12-15,27H2,(H,32,33);1-4,9-10H/b11-5-;8-4-;/t22-,23-,25-,27+,33-;16-,17-,18+,20+,26-;/m11./s1. The number of thiazole rings is 2. The van der Waals surface area contributed by atoms with Gasteiger partial charge in [0.2, 0.25) is 11.8 Å². The molecular weight excluding hydrogens is 1160 g/mol. The number of rotatable bonds is 9. The summed E-state index contributed by atoms with van der Waals surface area (Å²) in [4.78, 5) is 91.6. The highest BCUT2D eigenvalue weighted by Gasteiger charge is 2.62. The lowest BCUT2D eigenvalue weighted by Crippen LogP contribution is -2.49. The van der Waals surface area contributed by atoms with E-state index in [0.29, 0.717) is 48.9 Å². The first kappa shape index (κ1) is 62.8. The van der Waals surface area contributed by atoms with Gasteiger partial charge in [0.1, 0.15) is 23.8 Å². The summed E-state index contributed by atoms with van der Waals surface area (Å²) in [6, 6.07) is 24.7. The SMILES string of the molecule is N[C@H]1CCCCC/C=C\[C@@H]2C[C@@]2(C(=O)O)CC(=O)[C@@H]2C[C@@H](Oc3nc4ccccc4s3)CN2C1=O.O=C1C[C@]2(C(=O)O)C[C@H]2/C=C\CCCCC[C@H](Cc2cccc(F)c2)C(=O)N2C[C@H](Oc3nc4ccccc4s3)C[C@@H]12.OB(O)c1cccc(F)c1. The molecule has 2 aliphatic carbocycles. The zero-order valence-corrected chi connectivity index (χ0v) is 49.8.